The Bertz CT molecular complexity index is 1390. The van der Waals surface area contributed by atoms with E-state index in [-0.39, 0.29) is 31.1 Å². The number of carbonyl (C=O) groups excluding carboxylic acids is 3. The van der Waals surface area contributed by atoms with Crippen LogP contribution in [0.2, 0.25) is 0 Å². The van der Waals surface area contributed by atoms with E-state index in [2.05, 4.69) is 93.7 Å². The lowest BCUT2D eigenvalue weighted by Crippen LogP contribution is -2.30. The number of rotatable bonds is 59. The quantitative estimate of drug-likeness (QED) is 0.0261. The van der Waals surface area contributed by atoms with Crippen molar-refractivity contribution in [2.45, 2.75) is 335 Å². The van der Waals surface area contributed by atoms with Crippen LogP contribution >= 0.6 is 0 Å². The van der Waals surface area contributed by atoms with Gasteiger partial charge in [-0.25, -0.2) is 0 Å². The molecule has 0 aliphatic rings. The van der Waals surface area contributed by atoms with Gasteiger partial charge in [0.2, 0.25) is 0 Å². The maximum absolute atomic E-state index is 12.9. The van der Waals surface area contributed by atoms with Gasteiger partial charge >= 0.3 is 17.9 Å². The van der Waals surface area contributed by atoms with E-state index in [1.165, 1.54) is 199 Å². The van der Waals surface area contributed by atoms with Crippen LogP contribution in [0.5, 0.6) is 0 Å². The highest BCUT2D eigenvalue weighted by atomic mass is 16.6. The van der Waals surface area contributed by atoms with Crippen LogP contribution in [0.25, 0.3) is 0 Å². The van der Waals surface area contributed by atoms with Gasteiger partial charge in [-0.2, -0.15) is 0 Å². The summed E-state index contributed by atoms with van der Waals surface area (Å²) in [6.07, 6.45) is 82.0. The van der Waals surface area contributed by atoms with Gasteiger partial charge in [0.15, 0.2) is 6.10 Å². The third kappa shape index (κ3) is 61.6. The third-order valence-electron chi connectivity index (χ3n) is 14.2. The van der Waals surface area contributed by atoms with Crippen molar-refractivity contribution in [2.75, 3.05) is 13.2 Å². The third-order valence-corrected chi connectivity index (χ3v) is 14.2. The minimum atomic E-state index is -0.776. The summed E-state index contributed by atoms with van der Waals surface area (Å²) in [5, 5.41) is 0. The molecule has 6 heteroatoms. The molecule has 0 N–H and O–H groups in total. The van der Waals surface area contributed by atoms with Gasteiger partial charge in [0.25, 0.3) is 0 Å². The molecule has 0 heterocycles. The van der Waals surface area contributed by atoms with E-state index in [9.17, 15) is 14.4 Å². The van der Waals surface area contributed by atoms with E-state index in [4.69, 9.17) is 14.2 Å². The predicted octanol–water partition coefficient (Wildman–Crippen LogP) is 22.1. The zero-order valence-corrected chi connectivity index (χ0v) is 49.8. The molecule has 0 rings (SSSR count). The molecule has 1 unspecified atom stereocenters. The van der Waals surface area contributed by atoms with Crippen LogP contribution in [0.15, 0.2) is 72.9 Å². The Morgan fingerprint density at radius 3 is 0.840 bits per heavy atom. The summed E-state index contributed by atoms with van der Waals surface area (Å²) in [5.41, 5.74) is 0. The number of allylic oxidation sites excluding steroid dienone is 12. The van der Waals surface area contributed by atoms with Gasteiger partial charge in [0.1, 0.15) is 13.2 Å². The van der Waals surface area contributed by atoms with Crippen molar-refractivity contribution < 1.29 is 28.6 Å². The first kappa shape index (κ1) is 71.8. The number of unbranched alkanes of at least 4 members (excludes halogenated alkanes) is 36. The number of hydrogen-bond donors (Lipinski definition) is 0. The Morgan fingerprint density at radius 2 is 0.520 bits per heavy atom. The smallest absolute Gasteiger partial charge is 0.306 e. The number of carbonyl (C=O) groups is 3. The summed E-state index contributed by atoms with van der Waals surface area (Å²) in [7, 11) is 0. The maximum Gasteiger partial charge on any atom is 0.306 e. The fourth-order valence-corrected chi connectivity index (χ4v) is 9.35. The maximum atomic E-state index is 12.9. The van der Waals surface area contributed by atoms with Crippen LogP contribution in [0, 0.1) is 0 Å². The molecule has 0 aromatic carbocycles. The lowest BCUT2D eigenvalue weighted by atomic mass is 10.0. The molecule has 0 aliphatic heterocycles. The molecular formula is C69H122O6. The Hall–Kier alpha value is -3.15. The molecule has 0 fully saturated rings. The number of ether oxygens (including phenoxy) is 3. The van der Waals surface area contributed by atoms with Gasteiger partial charge in [-0.05, 0) is 89.9 Å². The van der Waals surface area contributed by atoms with E-state index >= 15 is 0 Å². The molecule has 0 saturated heterocycles. The molecular weight excluding hydrogens is 925 g/mol. The minimum absolute atomic E-state index is 0.0729. The summed E-state index contributed by atoms with van der Waals surface area (Å²) in [5.74, 6) is -0.862. The molecule has 0 aromatic heterocycles. The monoisotopic (exact) mass is 1050 g/mol. The van der Waals surface area contributed by atoms with Crippen LogP contribution in [0.4, 0.5) is 0 Å². The van der Waals surface area contributed by atoms with Crippen molar-refractivity contribution in [3.8, 4) is 0 Å². The van der Waals surface area contributed by atoms with Crippen molar-refractivity contribution in [3.63, 3.8) is 0 Å². The predicted molar refractivity (Wildman–Crippen MR) is 325 cm³/mol. The second kappa shape index (κ2) is 63.4. The summed E-state index contributed by atoms with van der Waals surface area (Å²) in [4.78, 5) is 38.3. The summed E-state index contributed by atoms with van der Waals surface area (Å²) in [6.45, 7) is 6.53. The number of esters is 3. The fourth-order valence-electron chi connectivity index (χ4n) is 9.35. The van der Waals surface area contributed by atoms with Gasteiger partial charge in [0, 0.05) is 19.3 Å². The van der Waals surface area contributed by atoms with Crippen LogP contribution in [0.3, 0.4) is 0 Å². The van der Waals surface area contributed by atoms with E-state index in [1.807, 2.05) is 0 Å². The highest BCUT2D eigenvalue weighted by molar-refractivity contribution is 5.71. The molecule has 0 saturated carbocycles. The first-order valence-electron chi connectivity index (χ1n) is 32.4. The van der Waals surface area contributed by atoms with Gasteiger partial charge in [-0.1, -0.05) is 293 Å². The van der Waals surface area contributed by atoms with Crippen molar-refractivity contribution >= 4 is 17.9 Å². The highest BCUT2D eigenvalue weighted by Crippen LogP contribution is 2.17. The molecule has 0 amide bonds. The van der Waals surface area contributed by atoms with Crippen molar-refractivity contribution in [1.82, 2.24) is 0 Å². The average molecular weight is 1050 g/mol. The van der Waals surface area contributed by atoms with E-state index < -0.39 is 6.10 Å². The van der Waals surface area contributed by atoms with Crippen molar-refractivity contribution in [3.05, 3.63) is 72.9 Å². The van der Waals surface area contributed by atoms with Crippen molar-refractivity contribution in [1.29, 1.82) is 0 Å². The Morgan fingerprint density at radius 1 is 0.280 bits per heavy atom. The Labute approximate surface area is 465 Å². The Kier molecular flexibility index (Phi) is 60.7. The van der Waals surface area contributed by atoms with Gasteiger partial charge in [0.05, 0.1) is 0 Å². The largest absolute Gasteiger partial charge is 0.462 e. The lowest BCUT2D eigenvalue weighted by Gasteiger charge is -2.18. The number of hydrogen-bond acceptors (Lipinski definition) is 6. The van der Waals surface area contributed by atoms with Crippen LogP contribution in [0.1, 0.15) is 329 Å². The summed E-state index contributed by atoms with van der Waals surface area (Å²) in [6, 6.07) is 0. The van der Waals surface area contributed by atoms with E-state index in [0.717, 1.165) is 89.9 Å². The topological polar surface area (TPSA) is 78.9 Å². The zero-order valence-electron chi connectivity index (χ0n) is 49.8. The molecule has 0 aliphatic carbocycles. The van der Waals surface area contributed by atoms with Crippen molar-refractivity contribution in [2.24, 2.45) is 0 Å². The minimum Gasteiger partial charge on any atom is -0.462 e. The normalized spacial score (nSPS) is 12.5. The molecule has 0 radical (unpaired) electrons. The molecule has 1 atom stereocenters. The summed E-state index contributed by atoms with van der Waals surface area (Å²) >= 11 is 0. The van der Waals surface area contributed by atoms with Crippen LogP contribution in [-0.4, -0.2) is 37.2 Å². The Balaban J connectivity index is 4.22. The zero-order chi connectivity index (χ0) is 54.3. The highest BCUT2D eigenvalue weighted by Gasteiger charge is 2.19. The van der Waals surface area contributed by atoms with Crippen LogP contribution < -0.4 is 0 Å². The van der Waals surface area contributed by atoms with Gasteiger partial charge in [-0.15, -0.1) is 0 Å². The second-order valence-corrected chi connectivity index (χ2v) is 21.6. The fraction of sp³-hybridized carbons (Fsp3) is 0.783. The first-order valence-corrected chi connectivity index (χ1v) is 32.4. The molecule has 0 bridgehead atoms. The molecule has 434 valence electrons. The van der Waals surface area contributed by atoms with Gasteiger partial charge in [-0.3, -0.25) is 14.4 Å². The molecule has 0 aromatic rings. The lowest BCUT2D eigenvalue weighted by molar-refractivity contribution is -0.167. The molecule has 0 spiro atoms. The SMILES string of the molecule is CC/C=C\C/C=C\C/C=C\C/C=C\CCCCCCCCCCCCCCCCC(=O)OCC(COC(=O)CCCCCCCCCCCCC)OC(=O)CCCCCCCCCCC/C=C\C/C=C\CCCCC. The van der Waals surface area contributed by atoms with Gasteiger partial charge < -0.3 is 14.2 Å². The van der Waals surface area contributed by atoms with Crippen LogP contribution in [-0.2, 0) is 28.6 Å². The standard InChI is InChI=1S/C69H122O6/c1-4-7-10-13-16-19-22-24-26-28-30-31-32-33-34-35-36-37-39-40-42-44-47-50-53-56-59-62-68(71)74-65-66(64-73-67(70)61-58-55-52-49-46-21-18-15-12-9-6-3)75-69(72)63-60-57-54-51-48-45-43-41-38-29-27-25-23-20-17-14-11-8-5-2/h7,10,16-17,19-20,24-27,30-31,66H,4-6,8-9,11-15,18,21-23,28-29,32-65H2,1-3H3/b10-7-,19-16-,20-17-,26-24-,27-25-,31-30-. The van der Waals surface area contributed by atoms with E-state index in [1.54, 1.807) is 0 Å². The van der Waals surface area contributed by atoms with E-state index in [0.29, 0.717) is 19.3 Å². The average Bonchev–Trinajstić information content (AvgIpc) is 3.41. The summed E-state index contributed by atoms with van der Waals surface area (Å²) < 4.78 is 16.9. The molecule has 6 nitrogen and oxygen atoms in total. The molecule has 75 heavy (non-hydrogen) atoms. The first-order chi connectivity index (χ1) is 37.0. The second-order valence-electron chi connectivity index (χ2n) is 21.6.